The highest BCUT2D eigenvalue weighted by atomic mass is 32.2. The third-order valence-corrected chi connectivity index (χ3v) is 8.96. The summed E-state index contributed by atoms with van der Waals surface area (Å²) in [4.78, 5) is 16.9. The zero-order valence-electron chi connectivity index (χ0n) is 23.0. The molecule has 4 aromatic rings. The lowest BCUT2D eigenvalue weighted by molar-refractivity contribution is 0.0830. The number of aromatic amines is 1. The van der Waals surface area contributed by atoms with Crippen molar-refractivity contribution in [2.75, 3.05) is 53.0 Å². The summed E-state index contributed by atoms with van der Waals surface area (Å²) in [6.07, 6.45) is 6.43. The predicted molar refractivity (Wildman–Crippen MR) is 169 cm³/mol. The summed E-state index contributed by atoms with van der Waals surface area (Å²) in [7, 11) is -2.83. The molecule has 0 aliphatic carbocycles. The van der Waals surface area contributed by atoms with Gasteiger partial charge in [-0.25, -0.2) is 12.8 Å². The Morgan fingerprint density at radius 3 is 2.36 bits per heavy atom. The first-order valence-corrected chi connectivity index (χ1v) is 15.3. The number of para-hydroxylation sites is 2. The smallest absolute Gasteiger partial charge is 0.231 e. The highest BCUT2D eigenvalue weighted by Crippen LogP contribution is 2.42. The fraction of sp³-hybridized carbons (Fsp3) is 0.400. The van der Waals surface area contributed by atoms with Gasteiger partial charge in [0, 0.05) is 25.0 Å². The van der Waals surface area contributed by atoms with E-state index in [0.717, 1.165) is 37.9 Å². The number of rotatable bonds is 8. The molecule has 2 aliphatic rings. The number of piperidine rings is 2. The molecule has 0 saturated carbocycles. The molecule has 0 bridgehead atoms. The van der Waals surface area contributed by atoms with Gasteiger partial charge in [0.1, 0.15) is 17.3 Å². The minimum atomic E-state index is -2.83. The van der Waals surface area contributed by atoms with Crippen molar-refractivity contribution in [3.63, 3.8) is 0 Å². The molecule has 2 aliphatic heterocycles. The van der Waals surface area contributed by atoms with Crippen LogP contribution in [0.15, 0.2) is 54.7 Å². The van der Waals surface area contributed by atoms with E-state index in [9.17, 15) is 8.42 Å². The van der Waals surface area contributed by atoms with Crippen LogP contribution in [0.2, 0.25) is 0 Å². The van der Waals surface area contributed by atoms with Crippen molar-refractivity contribution in [1.29, 1.82) is 0 Å². The lowest BCUT2D eigenvalue weighted by Gasteiger charge is -2.47. The summed E-state index contributed by atoms with van der Waals surface area (Å²) in [5.41, 5.74) is 3.08. The molecule has 0 radical (unpaired) electrons. The summed E-state index contributed by atoms with van der Waals surface area (Å²) in [5, 5.41) is 7.05. The summed E-state index contributed by atoms with van der Waals surface area (Å²) in [5.74, 6) is 0.462. The maximum Gasteiger partial charge on any atom is 0.231 e. The number of anilines is 6. The molecule has 2 saturated heterocycles. The Balaban J connectivity index is 0.00000353. The van der Waals surface area contributed by atoms with Crippen molar-refractivity contribution in [3.05, 3.63) is 60.5 Å². The minimum Gasteiger partial charge on any atom is -0.369 e. The molecule has 0 amide bonds. The second kappa shape index (κ2) is 12.5. The van der Waals surface area contributed by atoms with Gasteiger partial charge in [0.25, 0.3) is 0 Å². The van der Waals surface area contributed by atoms with Gasteiger partial charge in [-0.3, -0.25) is 4.72 Å². The quantitative estimate of drug-likeness (QED) is 0.161. The van der Waals surface area contributed by atoms with Gasteiger partial charge in [0.05, 0.1) is 22.4 Å². The molecule has 224 valence electrons. The Bertz CT molecular complexity index is 1600. The van der Waals surface area contributed by atoms with Crippen molar-refractivity contribution >= 4 is 56.4 Å². The van der Waals surface area contributed by atoms with E-state index in [2.05, 4.69) is 47.0 Å². The molecule has 2 aromatic heterocycles. The lowest BCUT2D eigenvalue weighted by Crippen LogP contribution is -2.47. The molecule has 6 rings (SSSR count). The number of halogens is 1. The van der Waals surface area contributed by atoms with E-state index in [1.54, 1.807) is 30.5 Å². The number of H-pyrrole nitrogens is 1. The van der Waals surface area contributed by atoms with E-state index in [1.807, 2.05) is 18.2 Å². The Morgan fingerprint density at radius 2 is 1.67 bits per heavy atom. The highest BCUT2D eigenvalue weighted by Gasteiger charge is 2.37. The monoisotopic (exact) mass is 594 g/mol. The van der Waals surface area contributed by atoms with E-state index in [4.69, 9.17) is 0 Å². The number of nitrogens with zero attached hydrogens (tertiary/aromatic N) is 4. The van der Waals surface area contributed by atoms with E-state index >= 15 is 4.39 Å². The molecular formula is C30H39FN8O2S. The average molecular weight is 595 g/mol. The topological polar surface area (TPSA) is 118 Å². The van der Waals surface area contributed by atoms with Gasteiger partial charge < -0.3 is 25.4 Å². The molecular weight excluding hydrogens is 555 g/mol. The highest BCUT2D eigenvalue weighted by molar-refractivity contribution is 7.73. The first-order valence-electron chi connectivity index (χ1n) is 14.1. The maximum absolute atomic E-state index is 15.4. The standard InChI is InChI=1S/C29H35FN8O2S.CH4/c1-2-37-15-10-29(11-16-37)12-17-38(18-13-29)25-8-7-20(19-22(25)30)32-28-34-26-21(9-14-31-26)27(35-28)33-23-5-3-4-6-24(23)36-41(39)40;/h3-9,14,19,41H,2,10-13,15-18H2,1H3,(H,36,39,40)(H3,31,32,33,34,35);1H4. The van der Waals surface area contributed by atoms with Crippen LogP contribution in [0.3, 0.4) is 0 Å². The number of benzene rings is 2. The van der Waals surface area contributed by atoms with Crippen LogP contribution < -0.4 is 20.3 Å². The third kappa shape index (κ3) is 6.29. The number of thiol groups is 1. The molecule has 1 spiro atoms. The van der Waals surface area contributed by atoms with Crippen LogP contribution in [-0.4, -0.2) is 61.0 Å². The van der Waals surface area contributed by atoms with Gasteiger partial charge in [-0.05, 0) is 87.1 Å². The van der Waals surface area contributed by atoms with Crippen molar-refractivity contribution in [1.82, 2.24) is 19.9 Å². The van der Waals surface area contributed by atoms with Gasteiger partial charge in [0.2, 0.25) is 16.8 Å². The number of nitrogens with one attached hydrogen (secondary N) is 4. The number of hydrogen-bond donors (Lipinski definition) is 5. The second-order valence-corrected chi connectivity index (χ2v) is 11.6. The Kier molecular flexibility index (Phi) is 8.83. The Morgan fingerprint density at radius 1 is 0.952 bits per heavy atom. The van der Waals surface area contributed by atoms with Crippen LogP contribution in [0.5, 0.6) is 0 Å². The molecule has 4 heterocycles. The van der Waals surface area contributed by atoms with Crippen molar-refractivity contribution in [2.45, 2.75) is 40.0 Å². The van der Waals surface area contributed by atoms with Crippen LogP contribution in [0.1, 0.15) is 40.0 Å². The molecule has 10 nitrogen and oxygen atoms in total. The second-order valence-electron chi connectivity index (χ2n) is 10.9. The summed E-state index contributed by atoms with van der Waals surface area (Å²) < 4.78 is 40.3. The molecule has 42 heavy (non-hydrogen) atoms. The van der Waals surface area contributed by atoms with Gasteiger partial charge in [-0.15, -0.1) is 0 Å². The molecule has 2 aromatic carbocycles. The zero-order chi connectivity index (χ0) is 28.4. The molecule has 0 unspecified atom stereocenters. The third-order valence-electron chi connectivity index (χ3n) is 8.54. The largest absolute Gasteiger partial charge is 0.369 e. The fourth-order valence-corrected chi connectivity index (χ4v) is 6.44. The van der Waals surface area contributed by atoms with Gasteiger partial charge >= 0.3 is 0 Å². The number of likely N-dealkylation sites (tertiary alicyclic amines) is 1. The van der Waals surface area contributed by atoms with E-state index in [1.165, 1.54) is 32.0 Å². The number of fused-ring (bicyclic) bond motifs is 1. The zero-order valence-corrected chi connectivity index (χ0v) is 23.9. The van der Waals surface area contributed by atoms with Crippen LogP contribution in [0, 0.1) is 11.2 Å². The molecule has 0 atom stereocenters. The predicted octanol–water partition coefficient (Wildman–Crippen LogP) is 5.86. The SMILES string of the molecule is C.CCN1CCC2(CC1)CCN(c1ccc(Nc3nc(Nc4ccccc4N[SH](=O)=O)c4cc[nH]c4n3)cc1F)CC2. The van der Waals surface area contributed by atoms with E-state index in [-0.39, 0.29) is 19.2 Å². The van der Waals surface area contributed by atoms with Crippen LogP contribution >= 0.6 is 0 Å². The van der Waals surface area contributed by atoms with E-state index < -0.39 is 10.9 Å². The summed E-state index contributed by atoms with van der Waals surface area (Å²) in [6.45, 7) is 7.42. The average Bonchev–Trinajstić information content (AvgIpc) is 3.44. The summed E-state index contributed by atoms with van der Waals surface area (Å²) >= 11 is 0. The Hall–Kier alpha value is -3.90. The van der Waals surface area contributed by atoms with Crippen LogP contribution in [-0.2, 0) is 10.9 Å². The minimum absolute atomic E-state index is 0. The van der Waals surface area contributed by atoms with Crippen LogP contribution in [0.25, 0.3) is 11.0 Å². The van der Waals surface area contributed by atoms with E-state index in [0.29, 0.717) is 39.6 Å². The lowest BCUT2D eigenvalue weighted by atomic mass is 9.71. The number of hydrogen-bond acceptors (Lipinski definition) is 8. The van der Waals surface area contributed by atoms with Crippen molar-refractivity contribution in [2.24, 2.45) is 5.41 Å². The normalized spacial score (nSPS) is 16.9. The fourth-order valence-electron chi connectivity index (χ4n) is 6.04. The summed E-state index contributed by atoms with van der Waals surface area (Å²) in [6, 6.07) is 13.9. The van der Waals surface area contributed by atoms with Gasteiger partial charge in [-0.2, -0.15) is 9.97 Å². The van der Waals surface area contributed by atoms with Gasteiger partial charge in [-0.1, -0.05) is 26.5 Å². The Labute approximate surface area is 247 Å². The molecule has 4 N–H and O–H groups in total. The van der Waals surface area contributed by atoms with Gasteiger partial charge in [0.15, 0.2) is 0 Å². The molecule has 2 fully saturated rings. The maximum atomic E-state index is 15.4. The first-order chi connectivity index (χ1) is 19.9. The number of aromatic nitrogens is 3. The van der Waals surface area contributed by atoms with Crippen molar-refractivity contribution in [3.8, 4) is 0 Å². The first kappa shape index (κ1) is 29.6. The van der Waals surface area contributed by atoms with Crippen molar-refractivity contribution < 1.29 is 12.8 Å². The molecule has 12 heteroatoms. The van der Waals surface area contributed by atoms with Crippen LogP contribution in [0.4, 0.5) is 38.9 Å².